The van der Waals surface area contributed by atoms with Crippen LogP contribution in [0.15, 0.2) is 84.0 Å². The van der Waals surface area contributed by atoms with Gasteiger partial charge in [0.1, 0.15) is 18.4 Å². The number of nitriles is 1. The molecule has 1 aromatic heterocycles. The second-order valence-electron chi connectivity index (χ2n) is 7.09. The number of amides is 1. The van der Waals surface area contributed by atoms with E-state index in [9.17, 15) is 10.1 Å². The number of aromatic nitrogens is 3. The van der Waals surface area contributed by atoms with Crippen LogP contribution in [0.2, 0.25) is 5.02 Å². The van der Waals surface area contributed by atoms with Crippen molar-refractivity contribution < 1.29 is 9.53 Å². The number of halogens is 1. The zero-order valence-electron chi connectivity index (χ0n) is 18.0. The van der Waals surface area contributed by atoms with Crippen LogP contribution in [0.5, 0.6) is 5.75 Å². The number of para-hydroxylation sites is 3. The van der Waals surface area contributed by atoms with E-state index in [2.05, 4.69) is 21.6 Å². The molecule has 0 aliphatic carbocycles. The maximum atomic E-state index is 12.4. The zero-order valence-corrected chi connectivity index (χ0v) is 19.6. The predicted molar refractivity (Wildman–Crippen MR) is 132 cm³/mol. The fourth-order valence-electron chi connectivity index (χ4n) is 3.17. The number of hydrogen-bond donors (Lipinski definition) is 1. The molecule has 0 atom stereocenters. The molecule has 1 N–H and O–H groups in total. The molecular weight excluding hydrogens is 470 g/mol. The highest BCUT2D eigenvalue weighted by atomic mass is 35.5. The summed E-state index contributed by atoms with van der Waals surface area (Å²) in [5.41, 5.74) is 1.82. The molecule has 170 valence electrons. The zero-order chi connectivity index (χ0) is 23.8. The van der Waals surface area contributed by atoms with Crippen LogP contribution in [-0.4, -0.2) is 26.4 Å². The van der Waals surface area contributed by atoms with Gasteiger partial charge in [-0.2, -0.15) is 5.26 Å². The first-order valence-corrected chi connectivity index (χ1v) is 11.8. The summed E-state index contributed by atoms with van der Waals surface area (Å²) in [4.78, 5) is 12.4. The molecule has 9 heteroatoms. The standard InChI is InChI=1S/C25H20ClN5O2S/c26-20-11-5-7-13-22(20)33-17-23-29-30-25(31(23)19-9-2-1-3-10-19)34-15-14-24(32)28-21-12-6-4-8-18(21)16-27/h1-13H,14-15,17H2,(H,28,32). The Morgan fingerprint density at radius 1 is 1.03 bits per heavy atom. The van der Waals surface area contributed by atoms with Gasteiger partial charge in [0.15, 0.2) is 11.0 Å². The van der Waals surface area contributed by atoms with E-state index in [0.717, 1.165) is 5.69 Å². The molecule has 0 saturated heterocycles. The van der Waals surface area contributed by atoms with Crippen molar-refractivity contribution in [1.29, 1.82) is 5.26 Å². The summed E-state index contributed by atoms with van der Waals surface area (Å²) in [6, 6.07) is 26.0. The van der Waals surface area contributed by atoms with Crippen LogP contribution >= 0.6 is 23.4 Å². The highest BCUT2D eigenvalue weighted by Gasteiger charge is 2.16. The van der Waals surface area contributed by atoms with E-state index >= 15 is 0 Å². The molecule has 0 saturated carbocycles. The number of nitrogens with zero attached hydrogens (tertiary/aromatic N) is 4. The lowest BCUT2D eigenvalue weighted by atomic mass is 10.2. The second-order valence-corrected chi connectivity index (χ2v) is 8.56. The molecule has 34 heavy (non-hydrogen) atoms. The highest BCUT2D eigenvalue weighted by molar-refractivity contribution is 7.99. The molecule has 0 radical (unpaired) electrons. The van der Waals surface area contributed by atoms with Gasteiger partial charge < -0.3 is 10.1 Å². The van der Waals surface area contributed by atoms with E-state index < -0.39 is 0 Å². The summed E-state index contributed by atoms with van der Waals surface area (Å²) < 4.78 is 7.78. The number of anilines is 1. The van der Waals surface area contributed by atoms with Crippen molar-refractivity contribution in [2.45, 2.75) is 18.2 Å². The Morgan fingerprint density at radius 2 is 1.76 bits per heavy atom. The molecule has 4 aromatic rings. The smallest absolute Gasteiger partial charge is 0.225 e. The fourth-order valence-corrected chi connectivity index (χ4v) is 4.26. The quantitative estimate of drug-likeness (QED) is 0.312. The van der Waals surface area contributed by atoms with Crippen LogP contribution < -0.4 is 10.1 Å². The van der Waals surface area contributed by atoms with Gasteiger partial charge in [-0.1, -0.05) is 65.8 Å². The lowest BCUT2D eigenvalue weighted by Crippen LogP contribution is -2.13. The first kappa shape index (κ1) is 23.4. The molecule has 4 rings (SSSR count). The summed E-state index contributed by atoms with van der Waals surface area (Å²) in [7, 11) is 0. The van der Waals surface area contributed by atoms with Gasteiger partial charge in [0.25, 0.3) is 0 Å². The van der Waals surface area contributed by atoms with Crippen LogP contribution in [0, 0.1) is 11.3 Å². The Hall–Kier alpha value is -3.80. The van der Waals surface area contributed by atoms with Gasteiger partial charge >= 0.3 is 0 Å². The maximum Gasteiger partial charge on any atom is 0.225 e. The Balaban J connectivity index is 1.44. The topological polar surface area (TPSA) is 92.8 Å². The van der Waals surface area contributed by atoms with Crippen LogP contribution in [0.3, 0.4) is 0 Å². The van der Waals surface area contributed by atoms with Gasteiger partial charge in [-0.15, -0.1) is 10.2 Å². The van der Waals surface area contributed by atoms with Gasteiger partial charge in [0.2, 0.25) is 5.91 Å². The van der Waals surface area contributed by atoms with Crippen LogP contribution in [-0.2, 0) is 11.4 Å². The third-order valence-corrected chi connectivity index (χ3v) is 6.03. The van der Waals surface area contributed by atoms with E-state index in [-0.39, 0.29) is 18.9 Å². The van der Waals surface area contributed by atoms with Crippen LogP contribution in [0.4, 0.5) is 5.69 Å². The number of nitrogens with one attached hydrogen (secondary N) is 1. The molecule has 1 heterocycles. The number of thioether (sulfide) groups is 1. The van der Waals surface area contributed by atoms with Gasteiger partial charge in [-0.25, -0.2) is 0 Å². The van der Waals surface area contributed by atoms with Crippen molar-refractivity contribution in [2.24, 2.45) is 0 Å². The fraction of sp³-hybridized carbons (Fsp3) is 0.120. The molecule has 0 spiro atoms. The summed E-state index contributed by atoms with van der Waals surface area (Å²) in [5, 5.41) is 21.8. The number of carbonyl (C=O) groups excluding carboxylic acids is 1. The van der Waals surface area contributed by atoms with Gasteiger partial charge in [-0.05, 0) is 36.4 Å². The summed E-state index contributed by atoms with van der Waals surface area (Å²) in [6.45, 7) is 0.178. The molecule has 0 fully saturated rings. The largest absolute Gasteiger partial charge is 0.484 e. The number of benzene rings is 3. The summed E-state index contributed by atoms with van der Waals surface area (Å²) in [6.07, 6.45) is 0.248. The minimum Gasteiger partial charge on any atom is -0.484 e. The van der Waals surface area contributed by atoms with E-state index in [1.54, 1.807) is 36.4 Å². The van der Waals surface area contributed by atoms with Crippen molar-refractivity contribution in [3.8, 4) is 17.5 Å². The molecule has 0 bridgehead atoms. The van der Waals surface area contributed by atoms with E-state index in [4.69, 9.17) is 16.3 Å². The Bertz CT molecular complexity index is 1320. The third kappa shape index (κ3) is 5.76. The van der Waals surface area contributed by atoms with Gasteiger partial charge in [-0.3, -0.25) is 9.36 Å². The highest BCUT2D eigenvalue weighted by Crippen LogP contribution is 2.26. The van der Waals surface area contributed by atoms with Crippen LogP contribution in [0.25, 0.3) is 5.69 Å². The van der Waals surface area contributed by atoms with Gasteiger partial charge in [0.05, 0.1) is 16.3 Å². The normalized spacial score (nSPS) is 10.5. The van der Waals surface area contributed by atoms with Crippen molar-refractivity contribution in [3.63, 3.8) is 0 Å². The SMILES string of the molecule is N#Cc1ccccc1NC(=O)CCSc1nnc(COc2ccccc2Cl)n1-c1ccccc1. The first-order chi connectivity index (χ1) is 16.7. The number of ether oxygens (including phenoxy) is 1. The van der Waals surface area contributed by atoms with Crippen molar-refractivity contribution >= 4 is 35.0 Å². The minimum atomic E-state index is -0.178. The molecular formula is C25H20ClN5O2S. The molecule has 1 amide bonds. The predicted octanol–water partition coefficient (Wildman–Crippen LogP) is 5.49. The molecule has 7 nitrogen and oxygen atoms in total. The lowest BCUT2D eigenvalue weighted by molar-refractivity contribution is -0.115. The molecule has 3 aromatic carbocycles. The average molecular weight is 490 g/mol. The Morgan fingerprint density at radius 3 is 2.56 bits per heavy atom. The van der Waals surface area contributed by atoms with Crippen molar-refractivity contribution in [2.75, 3.05) is 11.1 Å². The number of hydrogen-bond acceptors (Lipinski definition) is 6. The van der Waals surface area contributed by atoms with E-state index in [1.165, 1.54) is 11.8 Å². The Kier molecular flexibility index (Phi) is 7.81. The molecule has 0 aliphatic rings. The molecule has 0 aliphatic heterocycles. The van der Waals surface area contributed by atoms with E-state index in [0.29, 0.717) is 38.8 Å². The van der Waals surface area contributed by atoms with Gasteiger partial charge in [0, 0.05) is 17.9 Å². The number of carbonyl (C=O) groups is 1. The first-order valence-electron chi connectivity index (χ1n) is 10.4. The summed E-state index contributed by atoms with van der Waals surface area (Å²) in [5.74, 6) is 1.48. The second kappa shape index (κ2) is 11.4. The van der Waals surface area contributed by atoms with Crippen molar-refractivity contribution in [3.05, 3.63) is 95.3 Å². The number of rotatable bonds is 9. The average Bonchev–Trinajstić information content (AvgIpc) is 3.27. The van der Waals surface area contributed by atoms with Crippen LogP contribution in [0.1, 0.15) is 17.8 Å². The monoisotopic (exact) mass is 489 g/mol. The molecule has 0 unspecified atom stereocenters. The minimum absolute atomic E-state index is 0.178. The van der Waals surface area contributed by atoms with E-state index in [1.807, 2.05) is 47.0 Å². The lowest BCUT2D eigenvalue weighted by Gasteiger charge is -2.12. The maximum absolute atomic E-state index is 12.4. The van der Waals surface area contributed by atoms with Crippen molar-refractivity contribution in [1.82, 2.24) is 14.8 Å². The third-order valence-electron chi connectivity index (χ3n) is 4.79. The summed E-state index contributed by atoms with van der Waals surface area (Å²) >= 11 is 7.62. The Labute approximate surface area is 206 Å².